The highest BCUT2D eigenvalue weighted by molar-refractivity contribution is 5.76. The summed E-state index contributed by atoms with van der Waals surface area (Å²) in [5.41, 5.74) is 2.20. The van der Waals surface area contributed by atoms with Crippen LogP contribution in [-0.4, -0.2) is 41.2 Å². The minimum atomic E-state index is 0.147. The molecule has 1 aliphatic carbocycles. The molecule has 1 saturated heterocycles. The molecule has 4 rings (SSSR count). The monoisotopic (exact) mass is 408 g/mol. The van der Waals surface area contributed by atoms with Gasteiger partial charge < -0.3 is 14.4 Å². The van der Waals surface area contributed by atoms with Crippen LogP contribution in [0.4, 0.5) is 0 Å². The summed E-state index contributed by atoms with van der Waals surface area (Å²) in [5.74, 6) is 1.09. The summed E-state index contributed by atoms with van der Waals surface area (Å²) in [5, 5.41) is 0. The quantitative estimate of drug-likeness (QED) is 0.611. The maximum absolute atomic E-state index is 13.1. The second-order valence-corrected chi connectivity index (χ2v) is 8.44. The van der Waals surface area contributed by atoms with E-state index in [1.54, 1.807) is 6.20 Å². The van der Waals surface area contributed by atoms with Crippen LogP contribution in [0, 0.1) is 0 Å². The Labute approximate surface area is 179 Å². The molecule has 1 atom stereocenters. The average molecular weight is 409 g/mol. The number of hydrogen-bond donors (Lipinski definition) is 0. The van der Waals surface area contributed by atoms with Gasteiger partial charge in [-0.3, -0.25) is 9.78 Å². The SMILES string of the molecule is O=C(CCc1cccc(OC2CCCC2)c1)N(Cc1cccnc1)CC1CCCO1. The molecule has 1 aliphatic heterocycles. The number of amides is 1. The fourth-order valence-corrected chi connectivity index (χ4v) is 4.38. The Kier molecular flexibility index (Phi) is 7.35. The fraction of sp³-hybridized carbons (Fsp3) is 0.520. The number of rotatable bonds is 9. The van der Waals surface area contributed by atoms with Crippen molar-refractivity contribution < 1.29 is 14.3 Å². The molecule has 2 aromatic rings. The number of pyridine rings is 1. The van der Waals surface area contributed by atoms with Crippen molar-refractivity contribution in [3.05, 3.63) is 59.9 Å². The van der Waals surface area contributed by atoms with E-state index < -0.39 is 0 Å². The van der Waals surface area contributed by atoms with E-state index in [9.17, 15) is 4.79 Å². The summed E-state index contributed by atoms with van der Waals surface area (Å²) in [6.45, 7) is 2.03. The minimum absolute atomic E-state index is 0.147. The van der Waals surface area contributed by atoms with Gasteiger partial charge in [0.25, 0.3) is 0 Å². The summed E-state index contributed by atoms with van der Waals surface area (Å²) >= 11 is 0. The molecule has 0 bridgehead atoms. The summed E-state index contributed by atoms with van der Waals surface area (Å²) in [6, 6.07) is 12.2. The second-order valence-electron chi connectivity index (χ2n) is 8.44. The van der Waals surface area contributed by atoms with Gasteiger partial charge in [0.15, 0.2) is 0 Å². The lowest BCUT2D eigenvalue weighted by molar-refractivity contribution is -0.133. The van der Waals surface area contributed by atoms with E-state index in [4.69, 9.17) is 9.47 Å². The lowest BCUT2D eigenvalue weighted by Gasteiger charge is -2.25. The largest absolute Gasteiger partial charge is 0.490 e. The fourth-order valence-electron chi connectivity index (χ4n) is 4.38. The second kappa shape index (κ2) is 10.6. The number of hydrogen-bond acceptors (Lipinski definition) is 4. The Hall–Kier alpha value is -2.40. The van der Waals surface area contributed by atoms with Gasteiger partial charge in [-0.05, 0) is 74.3 Å². The first kappa shape index (κ1) is 20.9. The van der Waals surface area contributed by atoms with Crippen LogP contribution in [0.3, 0.4) is 0 Å². The van der Waals surface area contributed by atoms with Crippen molar-refractivity contribution in [2.45, 2.75) is 70.1 Å². The smallest absolute Gasteiger partial charge is 0.223 e. The van der Waals surface area contributed by atoms with Gasteiger partial charge >= 0.3 is 0 Å². The molecule has 1 unspecified atom stereocenters. The van der Waals surface area contributed by atoms with Gasteiger partial charge in [-0.25, -0.2) is 0 Å². The van der Waals surface area contributed by atoms with Gasteiger partial charge in [-0.15, -0.1) is 0 Å². The molecule has 2 heterocycles. The number of ether oxygens (including phenoxy) is 2. The van der Waals surface area contributed by atoms with Gasteiger partial charge in [0.1, 0.15) is 5.75 Å². The van der Waals surface area contributed by atoms with Crippen molar-refractivity contribution in [1.29, 1.82) is 0 Å². The van der Waals surface area contributed by atoms with Crippen molar-refractivity contribution >= 4 is 5.91 Å². The van der Waals surface area contributed by atoms with Gasteiger partial charge in [0.2, 0.25) is 5.91 Å². The number of nitrogens with zero attached hydrogens (tertiary/aromatic N) is 2. The Morgan fingerprint density at radius 1 is 1.10 bits per heavy atom. The maximum Gasteiger partial charge on any atom is 0.223 e. The first-order chi connectivity index (χ1) is 14.8. The molecule has 1 amide bonds. The van der Waals surface area contributed by atoms with Crippen LogP contribution in [-0.2, 0) is 22.5 Å². The van der Waals surface area contributed by atoms with Gasteiger partial charge in [-0.2, -0.15) is 0 Å². The molecule has 1 saturated carbocycles. The molecule has 1 aromatic carbocycles. The van der Waals surface area contributed by atoms with Crippen LogP contribution < -0.4 is 4.74 Å². The van der Waals surface area contributed by atoms with Crippen LogP contribution in [0.1, 0.15) is 56.1 Å². The van der Waals surface area contributed by atoms with Crippen LogP contribution in [0.15, 0.2) is 48.8 Å². The van der Waals surface area contributed by atoms with Crippen molar-refractivity contribution in [2.75, 3.05) is 13.2 Å². The molecule has 2 fully saturated rings. The van der Waals surface area contributed by atoms with Crippen molar-refractivity contribution in [3.63, 3.8) is 0 Å². The lowest BCUT2D eigenvalue weighted by Crippen LogP contribution is -2.37. The summed E-state index contributed by atoms with van der Waals surface area (Å²) in [6.07, 6.45) is 12.2. The molecule has 1 aromatic heterocycles. The molecule has 5 nitrogen and oxygen atoms in total. The molecular formula is C25H32N2O3. The number of aryl methyl sites for hydroxylation is 1. The first-order valence-corrected chi connectivity index (χ1v) is 11.3. The van der Waals surface area contributed by atoms with Gasteiger partial charge in [0, 0.05) is 38.5 Å². The van der Waals surface area contributed by atoms with E-state index in [1.807, 2.05) is 35.4 Å². The third-order valence-electron chi connectivity index (χ3n) is 6.03. The molecule has 2 aliphatic rings. The first-order valence-electron chi connectivity index (χ1n) is 11.3. The van der Waals surface area contributed by atoms with E-state index in [0.29, 0.717) is 25.6 Å². The van der Waals surface area contributed by atoms with Crippen LogP contribution in [0.2, 0.25) is 0 Å². The van der Waals surface area contributed by atoms with Crippen molar-refractivity contribution in [3.8, 4) is 5.75 Å². The summed E-state index contributed by atoms with van der Waals surface area (Å²) < 4.78 is 11.9. The van der Waals surface area contributed by atoms with Crippen LogP contribution in [0.25, 0.3) is 0 Å². The molecule has 30 heavy (non-hydrogen) atoms. The zero-order valence-corrected chi connectivity index (χ0v) is 17.7. The third kappa shape index (κ3) is 6.05. The van der Waals surface area contributed by atoms with Crippen LogP contribution in [0.5, 0.6) is 5.75 Å². The molecule has 0 spiro atoms. The Morgan fingerprint density at radius 2 is 1.97 bits per heavy atom. The summed E-state index contributed by atoms with van der Waals surface area (Å²) in [7, 11) is 0. The van der Waals surface area contributed by atoms with Crippen LogP contribution >= 0.6 is 0 Å². The molecule has 0 radical (unpaired) electrons. The zero-order valence-electron chi connectivity index (χ0n) is 17.7. The van der Waals surface area contributed by atoms with E-state index in [1.165, 1.54) is 12.8 Å². The molecule has 160 valence electrons. The Morgan fingerprint density at radius 3 is 2.73 bits per heavy atom. The normalized spacial score (nSPS) is 19.1. The van der Waals surface area contributed by atoms with E-state index in [0.717, 1.165) is 55.6 Å². The Bertz CT molecular complexity index is 799. The third-order valence-corrected chi connectivity index (χ3v) is 6.03. The number of carbonyl (C=O) groups is 1. The highest BCUT2D eigenvalue weighted by Gasteiger charge is 2.23. The highest BCUT2D eigenvalue weighted by Crippen LogP contribution is 2.25. The van der Waals surface area contributed by atoms with Gasteiger partial charge in [-0.1, -0.05) is 18.2 Å². The molecule has 5 heteroatoms. The standard InChI is InChI=1S/C25H32N2O3/c28-25(13-12-20-6-3-10-23(16-20)30-22-8-1-2-9-22)27(19-24-11-5-15-29-24)18-21-7-4-14-26-17-21/h3-4,6-7,10,14,16-17,22,24H,1-2,5,8-9,11-13,15,18-19H2. The molecule has 0 N–H and O–H groups in total. The maximum atomic E-state index is 13.1. The van der Waals surface area contributed by atoms with E-state index in [2.05, 4.69) is 17.1 Å². The minimum Gasteiger partial charge on any atom is -0.490 e. The zero-order chi connectivity index (χ0) is 20.6. The predicted molar refractivity (Wildman–Crippen MR) is 116 cm³/mol. The number of benzene rings is 1. The molecular weight excluding hydrogens is 376 g/mol. The Balaban J connectivity index is 1.35. The number of aromatic nitrogens is 1. The average Bonchev–Trinajstić information content (AvgIpc) is 3.47. The van der Waals surface area contributed by atoms with E-state index in [-0.39, 0.29) is 12.0 Å². The lowest BCUT2D eigenvalue weighted by atomic mass is 10.1. The summed E-state index contributed by atoms with van der Waals surface area (Å²) in [4.78, 5) is 19.2. The predicted octanol–water partition coefficient (Wildman–Crippen LogP) is 4.54. The topological polar surface area (TPSA) is 51.7 Å². The van der Waals surface area contributed by atoms with Crippen molar-refractivity contribution in [1.82, 2.24) is 9.88 Å². The van der Waals surface area contributed by atoms with Crippen molar-refractivity contribution in [2.24, 2.45) is 0 Å². The number of carbonyl (C=O) groups excluding carboxylic acids is 1. The van der Waals surface area contributed by atoms with E-state index >= 15 is 0 Å². The highest BCUT2D eigenvalue weighted by atomic mass is 16.5. The van der Waals surface area contributed by atoms with Gasteiger partial charge in [0.05, 0.1) is 12.2 Å².